The molecule has 1 aromatic carbocycles. The molecule has 0 spiro atoms. The number of nitrogens with two attached hydrogens (primary N) is 1. The van der Waals surface area contributed by atoms with Crippen LogP contribution >= 0.6 is 0 Å². The third-order valence-corrected chi connectivity index (χ3v) is 3.24. The van der Waals surface area contributed by atoms with Crippen LogP contribution in [0.1, 0.15) is 32.5 Å². The van der Waals surface area contributed by atoms with Gasteiger partial charge in [0.25, 0.3) is 5.89 Å². The van der Waals surface area contributed by atoms with Crippen molar-refractivity contribution in [3.63, 3.8) is 0 Å². The van der Waals surface area contributed by atoms with Crippen molar-refractivity contribution in [2.45, 2.75) is 32.2 Å². The first kappa shape index (κ1) is 13.6. The fourth-order valence-corrected chi connectivity index (χ4v) is 1.79. The third kappa shape index (κ3) is 2.63. The quantitative estimate of drug-likeness (QED) is 0.924. The molecule has 0 saturated heterocycles. The molecule has 0 amide bonds. The van der Waals surface area contributed by atoms with Gasteiger partial charge in [-0.3, -0.25) is 0 Å². The lowest BCUT2D eigenvalue weighted by Crippen LogP contribution is -2.36. The molecule has 0 fully saturated rings. The van der Waals surface area contributed by atoms with E-state index >= 15 is 0 Å². The van der Waals surface area contributed by atoms with E-state index < -0.39 is 17.2 Å². The number of hydrogen-bond donors (Lipinski definition) is 1. The Morgan fingerprint density at radius 3 is 2.26 bits per heavy atom. The predicted molar refractivity (Wildman–Crippen MR) is 66.1 cm³/mol. The van der Waals surface area contributed by atoms with Gasteiger partial charge in [0.05, 0.1) is 5.54 Å². The van der Waals surface area contributed by atoms with Crippen LogP contribution in [0.4, 0.5) is 8.78 Å². The van der Waals surface area contributed by atoms with Gasteiger partial charge in [0.15, 0.2) is 5.82 Å². The molecule has 0 unspecified atom stereocenters. The van der Waals surface area contributed by atoms with Crippen LogP contribution in [0.15, 0.2) is 22.7 Å². The Labute approximate surface area is 109 Å². The second-order valence-electron chi connectivity index (χ2n) is 4.44. The minimum Gasteiger partial charge on any atom is -0.334 e. The molecule has 102 valence electrons. The van der Waals surface area contributed by atoms with Crippen LogP contribution in [-0.2, 0) is 5.54 Å². The number of nitrogens with zero attached hydrogens (tertiary/aromatic N) is 2. The summed E-state index contributed by atoms with van der Waals surface area (Å²) in [5, 5.41) is 3.81. The molecule has 0 aliphatic heterocycles. The van der Waals surface area contributed by atoms with Crippen LogP contribution in [0.25, 0.3) is 11.5 Å². The Hall–Kier alpha value is -1.82. The van der Waals surface area contributed by atoms with E-state index in [0.29, 0.717) is 18.7 Å². The maximum absolute atomic E-state index is 13.1. The van der Waals surface area contributed by atoms with Crippen molar-refractivity contribution in [2.75, 3.05) is 0 Å². The number of benzene rings is 1. The average molecular weight is 267 g/mol. The fourth-order valence-electron chi connectivity index (χ4n) is 1.79. The maximum Gasteiger partial charge on any atom is 0.258 e. The summed E-state index contributed by atoms with van der Waals surface area (Å²) >= 11 is 0. The predicted octanol–water partition coefficient (Wildman–Crippen LogP) is 2.99. The highest BCUT2D eigenvalue weighted by Crippen LogP contribution is 2.26. The Balaban J connectivity index is 2.40. The van der Waals surface area contributed by atoms with Gasteiger partial charge in [-0.05, 0) is 25.0 Å². The van der Waals surface area contributed by atoms with E-state index in [-0.39, 0.29) is 11.5 Å². The van der Waals surface area contributed by atoms with E-state index in [9.17, 15) is 8.78 Å². The second-order valence-corrected chi connectivity index (χ2v) is 4.44. The number of rotatable bonds is 4. The third-order valence-electron chi connectivity index (χ3n) is 3.24. The van der Waals surface area contributed by atoms with E-state index in [1.165, 1.54) is 0 Å². The van der Waals surface area contributed by atoms with Crippen molar-refractivity contribution in [2.24, 2.45) is 5.73 Å². The number of hydrogen-bond acceptors (Lipinski definition) is 4. The summed E-state index contributed by atoms with van der Waals surface area (Å²) in [5.41, 5.74) is 5.65. The summed E-state index contributed by atoms with van der Waals surface area (Å²) < 4.78 is 31.3. The molecule has 0 bridgehead atoms. The van der Waals surface area contributed by atoms with E-state index in [4.69, 9.17) is 10.3 Å². The zero-order chi connectivity index (χ0) is 14.0. The van der Waals surface area contributed by atoms with Crippen LogP contribution in [0.3, 0.4) is 0 Å². The Kier molecular flexibility index (Phi) is 3.61. The Morgan fingerprint density at radius 1 is 1.16 bits per heavy atom. The summed E-state index contributed by atoms with van der Waals surface area (Å²) in [7, 11) is 0. The van der Waals surface area contributed by atoms with Crippen LogP contribution in [-0.4, -0.2) is 10.1 Å². The Bertz CT molecular complexity index is 559. The van der Waals surface area contributed by atoms with Crippen LogP contribution < -0.4 is 5.73 Å². The van der Waals surface area contributed by atoms with Gasteiger partial charge in [0.1, 0.15) is 11.6 Å². The molecule has 4 nitrogen and oxygen atoms in total. The monoisotopic (exact) mass is 267 g/mol. The lowest BCUT2D eigenvalue weighted by atomic mass is 9.93. The first-order chi connectivity index (χ1) is 8.98. The van der Waals surface area contributed by atoms with Crippen molar-refractivity contribution < 1.29 is 13.3 Å². The van der Waals surface area contributed by atoms with Crippen molar-refractivity contribution in [3.8, 4) is 11.5 Å². The van der Waals surface area contributed by atoms with E-state index in [1.54, 1.807) is 0 Å². The topological polar surface area (TPSA) is 64.9 Å². The molecular weight excluding hydrogens is 252 g/mol. The average Bonchev–Trinajstić information content (AvgIpc) is 2.87. The first-order valence-corrected chi connectivity index (χ1v) is 6.08. The minimum absolute atomic E-state index is 0.0603. The van der Waals surface area contributed by atoms with Crippen molar-refractivity contribution in [3.05, 3.63) is 35.7 Å². The largest absolute Gasteiger partial charge is 0.334 e. The van der Waals surface area contributed by atoms with E-state index in [0.717, 1.165) is 18.2 Å². The normalized spacial score (nSPS) is 11.8. The standard InChI is InChI=1S/C13H15F2N3O/c1-3-13(16,4-2)12-17-11(19-18-12)8-5-9(14)7-10(15)6-8/h5-7H,3-4,16H2,1-2H3. The van der Waals surface area contributed by atoms with Gasteiger partial charge in [-0.25, -0.2) is 8.78 Å². The van der Waals surface area contributed by atoms with Crippen LogP contribution in [0.2, 0.25) is 0 Å². The summed E-state index contributed by atoms with van der Waals surface area (Å²) in [5.74, 6) is -0.984. The van der Waals surface area contributed by atoms with Gasteiger partial charge in [0, 0.05) is 11.6 Å². The van der Waals surface area contributed by atoms with Gasteiger partial charge in [-0.1, -0.05) is 19.0 Å². The number of halogens is 2. The zero-order valence-corrected chi connectivity index (χ0v) is 10.8. The molecular formula is C13H15F2N3O. The van der Waals surface area contributed by atoms with Crippen molar-refractivity contribution in [1.82, 2.24) is 10.1 Å². The molecule has 0 radical (unpaired) electrons. The smallest absolute Gasteiger partial charge is 0.258 e. The highest BCUT2D eigenvalue weighted by atomic mass is 19.1. The molecule has 2 N–H and O–H groups in total. The lowest BCUT2D eigenvalue weighted by Gasteiger charge is -2.21. The molecule has 2 rings (SSSR count). The molecule has 1 aromatic heterocycles. The second kappa shape index (κ2) is 5.05. The SMILES string of the molecule is CCC(N)(CC)c1noc(-c2cc(F)cc(F)c2)n1. The van der Waals surface area contributed by atoms with Crippen LogP contribution in [0.5, 0.6) is 0 Å². The first-order valence-electron chi connectivity index (χ1n) is 6.08. The molecule has 1 heterocycles. The summed E-state index contributed by atoms with van der Waals surface area (Å²) in [6.45, 7) is 3.84. The highest BCUT2D eigenvalue weighted by Gasteiger charge is 2.29. The molecule has 19 heavy (non-hydrogen) atoms. The van der Waals surface area contributed by atoms with Gasteiger partial charge in [-0.15, -0.1) is 0 Å². The Morgan fingerprint density at radius 2 is 1.74 bits per heavy atom. The van der Waals surface area contributed by atoms with E-state index in [2.05, 4.69) is 10.1 Å². The highest BCUT2D eigenvalue weighted by molar-refractivity contribution is 5.52. The molecule has 0 aliphatic rings. The van der Waals surface area contributed by atoms with Crippen molar-refractivity contribution in [1.29, 1.82) is 0 Å². The molecule has 0 aliphatic carbocycles. The molecule has 0 saturated carbocycles. The van der Waals surface area contributed by atoms with Gasteiger partial charge >= 0.3 is 0 Å². The van der Waals surface area contributed by atoms with Crippen molar-refractivity contribution >= 4 is 0 Å². The lowest BCUT2D eigenvalue weighted by molar-refractivity contribution is 0.350. The zero-order valence-electron chi connectivity index (χ0n) is 10.8. The van der Waals surface area contributed by atoms with Gasteiger partial charge in [-0.2, -0.15) is 4.98 Å². The fraction of sp³-hybridized carbons (Fsp3) is 0.385. The van der Waals surface area contributed by atoms with E-state index in [1.807, 2.05) is 13.8 Å². The minimum atomic E-state index is -0.695. The number of aromatic nitrogens is 2. The van der Waals surface area contributed by atoms with Gasteiger partial charge < -0.3 is 10.3 Å². The molecule has 0 atom stereocenters. The molecule has 2 aromatic rings. The summed E-state index contributed by atoms with van der Waals surface area (Å²) in [6, 6.07) is 3.05. The van der Waals surface area contributed by atoms with Gasteiger partial charge in [0.2, 0.25) is 0 Å². The summed E-state index contributed by atoms with van der Waals surface area (Å²) in [6.07, 6.45) is 1.28. The molecule has 6 heteroatoms. The maximum atomic E-state index is 13.1. The summed E-state index contributed by atoms with van der Waals surface area (Å²) in [4.78, 5) is 4.14. The van der Waals surface area contributed by atoms with Crippen LogP contribution in [0, 0.1) is 11.6 Å².